The Kier molecular flexibility index (Phi) is 7.52. The summed E-state index contributed by atoms with van der Waals surface area (Å²) in [6, 6.07) is 10.8. The Labute approximate surface area is 169 Å². The fourth-order valence-corrected chi connectivity index (χ4v) is 3.88. The number of thiocarbonyl (C=S) groups is 1. The summed E-state index contributed by atoms with van der Waals surface area (Å²) in [7, 11) is -3.75. The first-order valence-corrected chi connectivity index (χ1v) is 10.6. The molecule has 0 aliphatic heterocycles. The van der Waals surface area contributed by atoms with Crippen molar-refractivity contribution in [3.63, 3.8) is 0 Å². The van der Waals surface area contributed by atoms with Crippen LogP contribution < -0.4 is 15.4 Å². The molecule has 0 aliphatic rings. The van der Waals surface area contributed by atoms with Crippen LogP contribution in [-0.2, 0) is 10.0 Å². The van der Waals surface area contributed by atoms with Crippen molar-refractivity contribution in [2.75, 3.05) is 16.6 Å². The first kappa shape index (κ1) is 20.8. The fourth-order valence-electron chi connectivity index (χ4n) is 2.10. The molecule has 5 nitrogen and oxygen atoms in total. The molecule has 0 saturated carbocycles. The molecule has 0 radical (unpaired) electrons. The molecule has 0 spiro atoms. The second-order valence-corrected chi connectivity index (χ2v) is 8.49. The summed E-state index contributed by atoms with van der Waals surface area (Å²) in [5.41, 5.74) is 0.995. The number of unbranched alkanes of at least 4 members (excludes halogenated alkanes) is 1. The molecule has 9 heteroatoms. The standard InChI is InChI=1S/C17H19Cl2N3O2S2/c1-2-3-8-20-17(25)21-14-4-6-16(7-5-14)26(23,24)22-15-10-12(18)9-13(19)11-15/h4-7,9-11,22H,2-3,8H2,1H3,(H2,20,21,25). The van der Waals surface area contributed by atoms with Gasteiger partial charge in [-0.3, -0.25) is 4.72 Å². The third-order valence-corrected chi connectivity index (χ3v) is 5.43. The number of anilines is 2. The zero-order valence-electron chi connectivity index (χ0n) is 14.1. The van der Waals surface area contributed by atoms with Gasteiger partial charge in [0.2, 0.25) is 0 Å². The Morgan fingerprint density at radius 2 is 1.65 bits per heavy atom. The molecule has 3 N–H and O–H groups in total. The van der Waals surface area contributed by atoms with Crippen molar-refractivity contribution >= 4 is 61.9 Å². The molecule has 0 aliphatic carbocycles. The SMILES string of the molecule is CCCCNC(=S)Nc1ccc(S(=O)(=O)Nc2cc(Cl)cc(Cl)c2)cc1. The van der Waals surface area contributed by atoms with Crippen molar-refractivity contribution in [1.82, 2.24) is 5.32 Å². The van der Waals surface area contributed by atoms with Gasteiger partial charge in [0.1, 0.15) is 0 Å². The van der Waals surface area contributed by atoms with Gasteiger partial charge in [0.05, 0.1) is 10.6 Å². The van der Waals surface area contributed by atoms with Crippen molar-refractivity contribution in [1.29, 1.82) is 0 Å². The second-order valence-electron chi connectivity index (χ2n) is 5.52. The van der Waals surface area contributed by atoms with Crippen LogP contribution in [0.25, 0.3) is 0 Å². The molecular weight excluding hydrogens is 413 g/mol. The van der Waals surface area contributed by atoms with Crippen LogP contribution in [0.2, 0.25) is 10.0 Å². The van der Waals surface area contributed by atoms with Crippen LogP contribution in [0.4, 0.5) is 11.4 Å². The third-order valence-electron chi connectivity index (χ3n) is 3.35. The van der Waals surface area contributed by atoms with Gasteiger partial charge in [0.15, 0.2) is 5.11 Å². The molecule has 0 fully saturated rings. The van der Waals surface area contributed by atoms with E-state index in [0.717, 1.165) is 19.4 Å². The van der Waals surface area contributed by atoms with Crippen LogP contribution in [0, 0.1) is 0 Å². The maximum absolute atomic E-state index is 12.5. The molecular formula is C17H19Cl2N3O2S2. The minimum atomic E-state index is -3.75. The lowest BCUT2D eigenvalue weighted by Crippen LogP contribution is -2.29. The lowest BCUT2D eigenvalue weighted by atomic mass is 10.3. The van der Waals surface area contributed by atoms with Gasteiger partial charge in [0, 0.05) is 22.3 Å². The van der Waals surface area contributed by atoms with Crippen LogP contribution in [-0.4, -0.2) is 20.1 Å². The molecule has 2 aromatic rings. The highest BCUT2D eigenvalue weighted by molar-refractivity contribution is 7.92. The van der Waals surface area contributed by atoms with Crippen molar-refractivity contribution in [2.24, 2.45) is 0 Å². The molecule has 0 amide bonds. The summed E-state index contributed by atoms with van der Waals surface area (Å²) in [4.78, 5) is 0.115. The van der Waals surface area contributed by atoms with Crippen molar-refractivity contribution in [3.05, 3.63) is 52.5 Å². The van der Waals surface area contributed by atoms with Gasteiger partial charge in [-0.1, -0.05) is 36.5 Å². The van der Waals surface area contributed by atoms with E-state index in [0.29, 0.717) is 26.5 Å². The summed E-state index contributed by atoms with van der Waals surface area (Å²) in [6.45, 7) is 2.89. The van der Waals surface area contributed by atoms with E-state index < -0.39 is 10.0 Å². The van der Waals surface area contributed by atoms with Gasteiger partial charge in [-0.2, -0.15) is 0 Å². The van der Waals surface area contributed by atoms with E-state index in [9.17, 15) is 8.42 Å². The number of hydrogen-bond donors (Lipinski definition) is 3. The zero-order valence-corrected chi connectivity index (χ0v) is 17.2. The van der Waals surface area contributed by atoms with Gasteiger partial charge in [-0.15, -0.1) is 0 Å². The van der Waals surface area contributed by atoms with Crippen LogP contribution >= 0.6 is 35.4 Å². The lowest BCUT2D eigenvalue weighted by molar-refractivity contribution is 0.601. The maximum Gasteiger partial charge on any atom is 0.261 e. The van der Waals surface area contributed by atoms with Gasteiger partial charge < -0.3 is 10.6 Å². The number of sulfonamides is 1. The summed E-state index contributed by atoms with van der Waals surface area (Å²) < 4.78 is 27.4. The molecule has 0 heterocycles. The Bertz CT molecular complexity index is 852. The van der Waals surface area contributed by atoms with Crippen LogP contribution in [0.1, 0.15) is 19.8 Å². The maximum atomic E-state index is 12.5. The molecule has 0 saturated heterocycles. The molecule has 2 rings (SSSR count). The first-order chi connectivity index (χ1) is 12.3. The summed E-state index contributed by atoms with van der Waals surface area (Å²) in [5.74, 6) is 0. The molecule has 26 heavy (non-hydrogen) atoms. The number of halogens is 2. The smallest absolute Gasteiger partial charge is 0.261 e. The van der Waals surface area contributed by atoms with E-state index in [1.165, 1.54) is 30.3 Å². The van der Waals surface area contributed by atoms with Crippen LogP contribution in [0.5, 0.6) is 0 Å². The molecule has 0 unspecified atom stereocenters. The first-order valence-electron chi connectivity index (χ1n) is 7.94. The van der Waals surface area contributed by atoms with Gasteiger partial charge in [-0.25, -0.2) is 8.42 Å². The highest BCUT2D eigenvalue weighted by Gasteiger charge is 2.15. The van der Waals surface area contributed by atoms with Crippen LogP contribution in [0.15, 0.2) is 47.4 Å². The largest absolute Gasteiger partial charge is 0.362 e. The highest BCUT2D eigenvalue weighted by atomic mass is 35.5. The number of rotatable bonds is 7. The van der Waals surface area contributed by atoms with Crippen LogP contribution in [0.3, 0.4) is 0 Å². The highest BCUT2D eigenvalue weighted by Crippen LogP contribution is 2.25. The Morgan fingerprint density at radius 3 is 2.23 bits per heavy atom. The monoisotopic (exact) mass is 431 g/mol. The third kappa shape index (κ3) is 6.32. The number of benzene rings is 2. The normalized spacial score (nSPS) is 11.0. The van der Waals surface area contributed by atoms with E-state index in [1.807, 2.05) is 0 Å². The second kappa shape index (κ2) is 9.41. The fraction of sp³-hybridized carbons (Fsp3) is 0.235. The predicted molar refractivity (Wildman–Crippen MR) is 113 cm³/mol. The minimum absolute atomic E-state index is 0.115. The van der Waals surface area contributed by atoms with Crippen molar-refractivity contribution in [2.45, 2.75) is 24.7 Å². The van der Waals surface area contributed by atoms with Gasteiger partial charge >= 0.3 is 0 Å². The Morgan fingerprint density at radius 1 is 1.04 bits per heavy atom. The molecule has 2 aromatic carbocycles. The average Bonchev–Trinajstić information content (AvgIpc) is 2.54. The average molecular weight is 432 g/mol. The molecule has 140 valence electrons. The Hall–Kier alpha value is -1.54. The van der Waals surface area contributed by atoms with E-state index in [1.54, 1.807) is 12.1 Å². The summed E-state index contributed by atoms with van der Waals surface area (Å²) >= 11 is 17.0. The van der Waals surface area contributed by atoms with E-state index >= 15 is 0 Å². The van der Waals surface area contributed by atoms with Gasteiger partial charge in [-0.05, 0) is 61.1 Å². The Balaban J connectivity index is 2.05. The zero-order chi connectivity index (χ0) is 19.2. The number of nitrogens with one attached hydrogen (secondary N) is 3. The molecule has 0 aromatic heterocycles. The quantitative estimate of drug-likeness (QED) is 0.430. The summed E-state index contributed by atoms with van der Waals surface area (Å²) in [5, 5.41) is 7.29. The summed E-state index contributed by atoms with van der Waals surface area (Å²) in [6.07, 6.45) is 2.10. The van der Waals surface area contributed by atoms with E-state index in [2.05, 4.69) is 22.3 Å². The van der Waals surface area contributed by atoms with E-state index in [4.69, 9.17) is 35.4 Å². The number of hydrogen-bond acceptors (Lipinski definition) is 3. The lowest BCUT2D eigenvalue weighted by Gasteiger charge is -2.12. The topological polar surface area (TPSA) is 70.2 Å². The predicted octanol–water partition coefficient (Wildman–Crippen LogP) is 4.88. The minimum Gasteiger partial charge on any atom is -0.362 e. The van der Waals surface area contributed by atoms with Crippen molar-refractivity contribution < 1.29 is 8.42 Å². The molecule has 0 atom stereocenters. The van der Waals surface area contributed by atoms with Gasteiger partial charge in [0.25, 0.3) is 10.0 Å². The van der Waals surface area contributed by atoms with Crippen molar-refractivity contribution in [3.8, 4) is 0 Å². The van der Waals surface area contributed by atoms with E-state index in [-0.39, 0.29) is 4.90 Å². The molecule has 0 bridgehead atoms.